The quantitative estimate of drug-likeness (QED) is 0.681. The van der Waals surface area contributed by atoms with E-state index in [2.05, 4.69) is 11.1 Å². The predicted molar refractivity (Wildman–Crippen MR) is 112 cm³/mol. The zero-order valence-electron chi connectivity index (χ0n) is 15.2. The average Bonchev–Trinajstić information content (AvgIpc) is 3.02. The molecular formula is C20H16ClN3O3S. The maximum atomic E-state index is 13.0. The van der Waals surface area contributed by atoms with Gasteiger partial charge in [0, 0.05) is 6.07 Å². The van der Waals surface area contributed by atoms with Gasteiger partial charge in [0.1, 0.15) is 17.2 Å². The number of anilines is 1. The zero-order valence-corrected chi connectivity index (χ0v) is 16.8. The molecule has 28 heavy (non-hydrogen) atoms. The lowest BCUT2D eigenvalue weighted by Gasteiger charge is -2.18. The van der Waals surface area contributed by atoms with Crippen molar-refractivity contribution in [1.82, 2.24) is 0 Å². The highest BCUT2D eigenvalue weighted by molar-refractivity contribution is 8.14. The molecule has 8 heteroatoms. The summed E-state index contributed by atoms with van der Waals surface area (Å²) in [4.78, 5) is 18.9. The van der Waals surface area contributed by atoms with Gasteiger partial charge >= 0.3 is 0 Å². The molecule has 142 valence electrons. The van der Waals surface area contributed by atoms with Gasteiger partial charge in [-0.15, -0.1) is 0 Å². The Balaban J connectivity index is 1.98. The monoisotopic (exact) mass is 413 g/mol. The van der Waals surface area contributed by atoms with Crippen LogP contribution >= 0.6 is 23.4 Å². The Morgan fingerprint density at radius 2 is 1.96 bits per heavy atom. The van der Waals surface area contributed by atoms with Crippen molar-refractivity contribution in [3.05, 3.63) is 58.7 Å². The van der Waals surface area contributed by atoms with Gasteiger partial charge in [-0.05, 0) is 35.9 Å². The van der Waals surface area contributed by atoms with Crippen molar-refractivity contribution < 1.29 is 14.3 Å². The summed E-state index contributed by atoms with van der Waals surface area (Å²) in [6.45, 7) is 0. The third-order valence-electron chi connectivity index (χ3n) is 3.91. The number of aliphatic imine (C=N–C) groups is 1. The van der Waals surface area contributed by atoms with Crippen molar-refractivity contribution >= 4 is 46.2 Å². The molecule has 0 aromatic heterocycles. The number of nitrogens with zero attached hydrogens (tertiary/aromatic N) is 3. The van der Waals surface area contributed by atoms with Gasteiger partial charge in [0.2, 0.25) is 0 Å². The lowest BCUT2D eigenvalue weighted by molar-refractivity contribution is -0.113. The van der Waals surface area contributed by atoms with E-state index in [-0.39, 0.29) is 17.4 Å². The van der Waals surface area contributed by atoms with Crippen molar-refractivity contribution in [3.63, 3.8) is 0 Å². The van der Waals surface area contributed by atoms with Gasteiger partial charge < -0.3 is 9.47 Å². The Kier molecular flexibility index (Phi) is 6.24. The van der Waals surface area contributed by atoms with E-state index < -0.39 is 0 Å². The highest BCUT2D eigenvalue weighted by Crippen LogP contribution is 2.34. The van der Waals surface area contributed by atoms with E-state index in [9.17, 15) is 4.79 Å². The summed E-state index contributed by atoms with van der Waals surface area (Å²) in [6, 6.07) is 14.4. The number of amides is 1. The molecule has 1 amide bonds. The van der Waals surface area contributed by atoms with Gasteiger partial charge in [0.25, 0.3) is 5.91 Å². The molecule has 0 N–H and O–H groups in total. The van der Waals surface area contributed by atoms with Gasteiger partial charge in [0.15, 0.2) is 5.17 Å². The summed E-state index contributed by atoms with van der Waals surface area (Å²) in [6.07, 6.45) is 1.70. The summed E-state index contributed by atoms with van der Waals surface area (Å²) in [5, 5.41) is 9.79. The van der Waals surface area contributed by atoms with Crippen LogP contribution in [0.3, 0.4) is 0 Å². The molecule has 1 aliphatic heterocycles. The first-order valence-electron chi connectivity index (χ1n) is 8.19. The Morgan fingerprint density at radius 1 is 1.21 bits per heavy atom. The smallest absolute Gasteiger partial charge is 0.283 e. The number of nitriles is 1. The third kappa shape index (κ3) is 4.14. The standard InChI is InChI=1S/C20H16ClN3O3S/c1-26-15-6-3-13(4-7-15)11-17-19(25)24(20(23-17)28-10-9-22)14-5-8-16(21)18(12-14)27-2/h3-8,11-12H,10H2,1-2H3/b17-11+. The molecule has 0 radical (unpaired) electrons. The van der Waals surface area contributed by atoms with E-state index in [0.29, 0.717) is 21.6 Å². The number of carbonyl (C=O) groups excluding carboxylic acids is 1. The Bertz CT molecular complexity index is 997. The highest BCUT2D eigenvalue weighted by atomic mass is 35.5. The average molecular weight is 414 g/mol. The molecule has 0 unspecified atom stereocenters. The van der Waals surface area contributed by atoms with Crippen LogP contribution in [0.5, 0.6) is 11.5 Å². The summed E-state index contributed by atoms with van der Waals surface area (Å²) in [5.74, 6) is 1.05. The number of hydrogen-bond donors (Lipinski definition) is 0. The molecule has 0 bridgehead atoms. The lowest BCUT2D eigenvalue weighted by atomic mass is 10.2. The van der Waals surface area contributed by atoms with Crippen LogP contribution in [-0.2, 0) is 4.79 Å². The molecule has 1 heterocycles. The minimum Gasteiger partial charge on any atom is -0.497 e. The molecule has 0 atom stereocenters. The molecule has 3 rings (SSSR count). The summed E-state index contributed by atoms with van der Waals surface area (Å²) >= 11 is 7.28. The van der Waals surface area contributed by atoms with Crippen LogP contribution in [0.25, 0.3) is 6.08 Å². The molecule has 0 saturated carbocycles. The number of thioether (sulfide) groups is 1. The maximum Gasteiger partial charge on any atom is 0.283 e. The number of benzene rings is 2. The SMILES string of the molecule is COc1ccc(/C=C2/N=C(SCC#N)N(c3ccc(Cl)c(OC)c3)C2=O)cc1. The van der Waals surface area contributed by atoms with Gasteiger partial charge in [-0.25, -0.2) is 4.99 Å². The number of hydrogen-bond acceptors (Lipinski definition) is 6. The lowest BCUT2D eigenvalue weighted by Crippen LogP contribution is -2.30. The van der Waals surface area contributed by atoms with Crippen molar-refractivity contribution in [2.45, 2.75) is 0 Å². The van der Waals surface area contributed by atoms with Gasteiger partial charge in [-0.3, -0.25) is 9.69 Å². The normalized spacial score (nSPS) is 14.8. The molecule has 1 aliphatic rings. The molecule has 0 spiro atoms. The predicted octanol–water partition coefficient (Wildman–Crippen LogP) is 4.36. The number of halogens is 1. The summed E-state index contributed by atoms with van der Waals surface area (Å²) < 4.78 is 10.4. The van der Waals surface area contributed by atoms with Crippen LogP contribution in [-0.4, -0.2) is 31.0 Å². The topological polar surface area (TPSA) is 74.9 Å². The second-order valence-electron chi connectivity index (χ2n) is 5.60. The van der Waals surface area contributed by atoms with Crippen LogP contribution < -0.4 is 14.4 Å². The Labute approximate surface area is 172 Å². The molecule has 2 aromatic rings. The van der Waals surface area contributed by atoms with E-state index >= 15 is 0 Å². The number of methoxy groups -OCH3 is 2. The maximum absolute atomic E-state index is 13.0. The van der Waals surface area contributed by atoms with Crippen LogP contribution in [0.1, 0.15) is 5.56 Å². The summed E-state index contributed by atoms with van der Waals surface area (Å²) in [7, 11) is 3.10. The molecule has 2 aromatic carbocycles. The summed E-state index contributed by atoms with van der Waals surface area (Å²) in [5.41, 5.74) is 1.65. The minimum absolute atomic E-state index is 0.170. The Morgan fingerprint density at radius 3 is 2.61 bits per heavy atom. The van der Waals surface area contributed by atoms with E-state index in [0.717, 1.165) is 11.3 Å². The minimum atomic E-state index is -0.291. The molecular weight excluding hydrogens is 398 g/mol. The van der Waals surface area contributed by atoms with Crippen LogP contribution in [0.15, 0.2) is 53.2 Å². The molecule has 0 fully saturated rings. The first kappa shape index (κ1) is 19.8. The number of rotatable bonds is 5. The van der Waals surface area contributed by atoms with Crippen molar-refractivity contribution in [2.75, 3.05) is 24.9 Å². The second-order valence-corrected chi connectivity index (χ2v) is 6.95. The molecule has 6 nitrogen and oxygen atoms in total. The Hall–Kier alpha value is -2.95. The van der Waals surface area contributed by atoms with Crippen LogP contribution in [0.2, 0.25) is 5.02 Å². The molecule has 0 saturated heterocycles. The highest BCUT2D eigenvalue weighted by Gasteiger charge is 2.32. The van der Waals surface area contributed by atoms with Gasteiger partial charge in [0.05, 0.1) is 36.8 Å². The fourth-order valence-corrected chi connectivity index (χ4v) is 3.43. The second kappa shape index (κ2) is 8.83. The van der Waals surface area contributed by atoms with Crippen molar-refractivity contribution in [1.29, 1.82) is 5.26 Å². The zero-order chi connectivity index (χ0) is 20.1. The number of amidine groups is 1. The van der Waals surface area contributed by atoms with E-state index in [1.54, 1.807) is 31.4 Å². The van der Waals surface area contributed by atoms with Crippen LogP contribution in [0, 0.1) is 11.3 Å². The van der Waals surface area contributed by atoms with Crippen LogP contribution in [0.4, 0.5) is 5.69 Å². The molecule has 0 aliphatic carbocycles. The van der Waals surface area contributed by atoms with E-state index in [4.69, 9.17) is 26.3 Å². The van der Waals surface area contributed by atoms with Crippen molar-refractivity contribution in [3.8, 4) is 17.6 Å². The van der Waals surface area contributed by atoms with E-state index in [1.165, 1.54) is 23.8 Å². The van der Waals surface area contributed by atoms with Gasteiger partial charge in [-0.2, -0.15) is 5.26 Å². The first-order chi connectivity index (χ1) is 13.6. The van der Waals surface area contributed by atoms with Crippen molar-refractivity contribution in [2.24, 2.45) is 4.99 Å². The number of ether oxygens (including phenoxy) is 2. The largest absolute Gasteiger partial charge is 0.497 e. The fourth-order valence-electron chi connectivity index (χ4n) is 2.56. The van der Waals surface area contributed by atoms with Gasteiger partial charge in [-0.1, -0.05) is 35.5 Å². The first-order valence-corrected chi connectivity index (χ1v) is 9.56. The third-order valence-corrected chi connectivity index (χ3v) is 5.03. The number of carbonyl (C=O) groups is 1. The fraction of sp³-hybridized carbons (Fsp3) is 0.150. The van der Waals surface area contributed by atoms with E-state index in [1.807, 2.05) is 24.3 Å².